The number of fused-ring (bicyclic) bond motifs is 9. The Morgan fingerprint density at radius 2 is 0.882 bits per heavy atom. The molecule has 0 fully saturated rings. The van der Waals surface area contributed by atoms with Gasteiger partial charge in [-0.25, -0.2) is 4.98 Å². The molecule has 4 aromatic heterocycles. The molecule has 0 N–H and O–H groups in total. The molecule has 0 bridgehead atoms. The van der Waals surface area contributed by atoms with Crippen LogP contribution in [0.1, 0.15) is 0 Å². The van der Waals surface area contributed by atoms with Gasteiger partial charge in [-0.2, -0.15) is 9.97 Å². The molecular formula is C45H27N5O. The lowest BCUT2D eigenvalue weighted by molar-refractivity contribution is 0.669. The van der Waals surface area contributed by atoms with Gasteiger partial charge in [-0.05, 0) is 42.5 Å². The van der Waals surface area contributed by atoms with Crippen LogP contribution in [0, 0.1) is 0 Å². The highest BCUT2D eigenvalue weighted by atomic mass is 16.3. The summed E-state index contributed by atoms with van der Waals surface area (Å²) in [4.78, 5) is 15.4. The van der Waals surface area contributed by atoms with Crippen LogP contribution in [0.3, 0.4) is 0 Å². The fourth-order valence-corrected chi connectivity index (χ4v) is 7.66. The smallest absolute Gasteiger partial charge is 0.238 e. The first-order valence-corrected chi connectivity index (χ1v) is 17.0. The van der Waals surface area contributed by atoms with Crippen LogP contribution in [-0.2, 0) is 0 Å². The average molecular weight is 654 g/mol. The summed E-state index contributed by atoms with van der Waals surface area (Å²) in [5.41, 5.74) is 8.91. The highest BCUT2D eigenvalue weighted by Gasteiger charge is 2.22. The van der Waals surface area contributed by atoms with Gasteiger partial charge in [0.2, 0.25) is 5.95 Å². The molecule has 6 nitrogen and oxygen atoms in total. The summed E-state index contributed by atoms with van der Waals surface area (Å²) in [7, 11) is 0. The van der Waals surface area contributed by atoms with E-state index in [2.05, 4.69) is 100 Å². The minimum atomic E-state index is 0.546. The van der Waals surface area contributed by atoms with Crippen molar-refractivity contribution in [1.29, 1.82) is 0 Å². The largest absolute Gasteiger partial charge is 0.456 e. The van der Waals surface area contributed by atoms with E-state index in [4.69, 9.17) is 19.4 Å². The molecule has 0 amide bonds. The van der Waals surface area contributed by atoms with Crippen LogP contribution >= 0.6 is 0 Å². The van der Waals surface area contributed by atoms with E-state index in [1.807, 2.05) is 72.8 Å². The topological polar surface area (TPSA) is 61.7 Å². The molecule has 238 valence electrons. The quantitative estimate of drug-likeness (QED) is 0.190. The van der Waals surface area contributed by atoms with E-state index in [1.54, 1.807) is 0 Å². The van der Waals surface area contributed by atoms with E-state index in [0.717, 1.165) is 77.0 Å². The number of benzene rings is 7. The average Bonchev–Trinajstić information content (AvgIpc) is 3.83. The van der Waals surface area contributed by atoms with Crippen molar-refractivity contribution in [3.05, 3.63) is 164 Å². The summed E-state index contributed by atoms with van der Waals surface area (Å²) in [6.07, 6.45) is 0. The number of aromatic nitrogens is 5. The zero-order valence-electron chi connectivity index (χ0n) is 27.2. The number of hydrogen-bond donors (Lipinski definition) is 0. The first-order chi connectivity index (χ1) is 25.3. The van der Waals surface area contributed by atoms with E-state index in [0.29, 0.717) is 17.6 Å². The summed E-state index contributed by atoms with van der Waals surface area (Å²) in [6, 6.07) is 56.7. The third kappa shape index (κ3) is 4.20. The molecule has 0 aliphatic heterocycles. The summed E-state index contributed by atoms with van der Waals surface area (Å²) < 4.78 is 11.0. The Morgan fingerprint density at radius 3 is 1.59 bits per heavy atom. The molecule has 0 atom stereocenters. The second-order valence-electron chi connectivity index (χ2n) is 12.9. The van der Waals surface area contributed by atoms with Gasteiger partial charge in [-0.1, -0.05) is 115 Å². The fraction of sp³-hybridized carbons (Fsp3) is 0. The molecule has 7 aromatic carbocycles. The molecule has 0 spiro atoms. The highest BCUT2D eigenvalue weighted by Crippen LogP contribution is 2.42. The van der Waals surface area contributed by atoms with Crippen molar-refractivity contribution in [1.82, 2.24) is 24.1 Å². The fourth-order valence-electron chi connectivity index (χ4n) is 7.66. The van der Waals surface area contributed by atoms with E-state index in [-0.39, 0.29) is 0 Å². The third-order valence-electron chi connectivity index (χ3n) is 9.96. The van der Waals surface area contributed by atoms with Crippen LogP contribution in [0.15, 0.2) is 168 Å². The number of rotatable bonds is 4. The second-order valence-corrected chi connectivity index (χ2v) is 12.9. The second kappa shape index (κ2) is 10.7. The molecule has 11 rings (SSSR count). The maximum atomic E-state index is 6.46. The molecule has 0 saturated carbocycles. The van der Waals surface area contributed by atoms with Crippen molar-refractivity contribution < 1.29 is 4.42 Å². The van der Waals surface area contributed by atoms with E-state index in [9.17, 15) is 0 Å². The van der Waals surface area contributed by atoms with Crippen molar-refractivity contribution in [2.75, 3.05) is 0 Å². The van der Waals surface area contributed by atoms with E-state index in [1.165, 1.54) is 5.39 Å². The Morgan fingerprint density at radius 1 is 0.353 bits per heavy atom. The molecule has 0 saturated heterocycles. The zero-order valence-corrected chi connectivity index (χ0v) is 27.2. The SMILES string of the molecule is c1ccc(-c2nc(-c3ccccc3)nc(-n3c4cc5oc6ccccc6c5cc4c4cc5c(cc43)c3ccccc3n5-c3ccccc3)n2)cc1. The van der Waals surface area contributed by atoms with Gasteiger partial charge < -0.3 is 8.98 Å². The molecule has 0 unspecified atom stereocenters. The van der Waals surface area contributed by atoms with Crippen LogP contribution in [0.25, 0.3) is 100.0 Å². The van der Waals surface area contributed by atoms with Gasteiger partial charge in [0, 0.05) is 55.2 Å². The molecule has 0 aliphatic carbocycles. The predicted molar refractivity (Wildman–Crippen MR) is 207 cm³/mol. The Kier molecular flexibility index (Phi) is 5.86. The number of para-hydroxylation sites is 3. The minimum absolute atomic E-state index is 0.546. The van der Waals surface area contributed by atoms with E-state index < -0.39 is 0 Å². The third-order valence-corrected chi connectivity index (χ3v) is 9.96. The van der Waals surface area contributed by atoms with Gasteiger partial charge >= 0.3 is 0 Å². The van der Waals surface area contributed by atoms with Gasteiger partial charge in [-0.15, -0.1) is 0 Å². The number of nitrogens with zero attached hydrogens (tertiary/aromatic N) is 5. The monoisotopic (exact) mass is 653 g/mol. The Balaban J connectivity index is 1.31. The summed E-state index contributed by atoms with van der Waals surface area (Å²) in [6.45, 7) is 0. The highest BCUT2D eigenvalue weighted by molar-refractivity contribution is 6.22. The predicted octanol–water partition coefficient (Wildman–Crippen LogP) is 11.3. The lowest BCUT2D eigenvalue weighted by Crippen LogP contribution is -2.06. The summed E-state index contributed by atoms with van der Waals surface area (Å²) >= 11 is 0. The van der Waals surface area contributed by atoms with Gasteiger partial charge in [-0.3, -0.25) is 4.57 Å². The summed E-state index contributed by atoms with van der Waals surface area (Å²) in [5.74, 6) is 1.77. The molecule has 0 radical (unpaired) electrons. The van der Waals surface area contributed by atoms with Crippen LogP contribution in [0.5, 0.6) is 0 Å². The lowest BCUT2D eigenvalue weighted by Gasteiger charge is -2.11. The van der Waals surface area contributed by atoms with Crippen molar-refractivity contribution in [2.45, 2.75) is 0 Å². The van der Waals surface area contributed by atoms with Crippen molar-refractivity contribution in [2.24, 2.45) is 0 Å². The van der Waals surface area contributed by atoms with Crippen molar-refractivity contribution in [3.63, 3.8) is 0 Å². The molecule has 4 heterocycles. The van der Waals surface area contributed by atoms with Crippen molar-refractivity contribution >= 4 is 65.6 Å². The minimum Gasteiger partial charge on any atom is -0.456 e. The van der Waals surface area contributed by atoms with Gasteiger partial charge in [0.15, 0.2) is 11.6 Å². The van der Waals surface area contributed by atoms with Crippen LogP contribution in [0.2, 0.25) is 0 Å². The van der Waals surface area contributed by atoms with Gasteiger partial charge in [0.25, 0.3) is 0 Å². The van der Waals surface area contributed by atoms with Crippen LogP contribution in [-0.4, -0.2) is 24.1 Å². The normalized spacial score (nSPS) is 11.9. The van der Waals surface area contributed by atoms with Gasteiger partial charge in [0.1, 0.15) is 11.2 Å². The molecule has 11 aromatic rings. The zero-order chi connectivity index (χ0) is 33.5. The Hall–Kier alpha value is -7.05. The van der Waals surface area contributed by atoms with Crippen molar-refractivity contribution in [3.8, 4) is 34.4 Å². The summed E-state index contributed by atoms with van der Waals surface area (Å²) in [5, 5.41) is 6.70. The first-order valence-electron chi connectivity index (χ1n) is 17.0. The maximum Gasteiger partial charge on any atom is 0.238 e. The molecule has 6 heteroatoms. The first kappa shape index (κ1) is 27.9. The lowest BCUT2D eigenvalue weighted by atomic mass is 10.1. The van der Waals surface area contributed by atoms with Crippen LogP contribution < -0.4 is 0 Å². The van der Waals surface area contributed by atoms with E-state index >= 15 is 0 Å². The standard InChI is InChI=1S/C45H27N5O/c1-4-14-28(15-5-1)43-46-44(29-16-6-2-7-17-29)48-45(47-43)50-39-25-34-31-20-10-12-22-37(31)49(30-18-8-3-9-19-30)38(34)26-35(39)33-24-36-32-21-11-13-23-41(32)51-42(36)27-40(33)50/h1-27H. The Labute approximate surface area is 291 Å². The van der Waals surface area contributed by atoms with Gasteiger partial charge in [0.05, 0.1) is 22.1 Å². The molecule has 0 aliphatic rings. The maximum absolute atomic E-state index is 6.46. The van der Waals surface area contributed by atoms with Crippen LogP contribution in [0.4, 0.5) is 0 Å². The molecule has 51 heavy (non-hydrogen) atoms. The Bertz CT molecular complexity index is 3060. The molecular weight excluding hydrogens is 627 g/mol. The number of hydrogen-bond acceptors (Lipinski definition) is 4. The number of furan rings is 1.